The Bertz CT molecular complexity index is 467. The number of likely N-dealkylation sites (N-methyl/N-ethyl adjacent to an activating group) is 1. The van der Waals surface area contributed by atoms with E-state index in [0.717, 1.165) is 29.5 Å². The summed E-state index contributed by atoms with van der Waals surface area (Å²) in [6.07, 6.45) is 0.761. The predicted molar refractivity (Wildman–Crippen MR) is 69.7 cm³/mol. The summed E-state index contributed by atoms with van der Waals surface area (Å²) in [7, 11) is 0. The van der Waals surface area contributed by atoms with Gasteiger partial charge >= 0.3 is 0 Å². The Labute approximate surface area is 109 Å². The molecule has 0 saturated heterocycles. The van der Waals surface area contributed by atoms with E-state index in [1.807, 2.05) is 24.3 Å². The molecule has 0 radical (unpaired) electrons. The van der Waals surface area contributed by atoms with Gasteiger partial charge in [-0.2, -0.15) is 0 Å². The molecule has 0 aliphatic carbocycles. The van der Waals surface area contributed by atoms with Crippen molar-refractivity contribution in [2.75, 3.05) is 13.1 Å². The summed E-state index contributed by atoms with van der Waals surface area (Å²) in [6, 6.07) is 7.81. The number of rotatable bonds is 5. The predicted octanol–water partition coefficient (Wildman–Crippen LogP) is 2.65. The summed E-state index contributed by atoms with van der Waals surface area (Å²) in [6.45, 7) is 3.88. The molecule has 2 rings (SSSR count). The Kier molecular flexibility index (Phi) is 4.28. The van der Waals surface area contributed by atoms with Crippen molar-refractivity contribution in [1.29, 1.82) is 0 Å². The van der Waals surface area contributed by atoms with E-state index in [1.165, 1.54) is 0 Å². The summed E-state index contributed by atoms with van der Waals surface area (Å²) >= 11 is 3.39. The van der Waals surface area contributed by atoms with Crippen LogP contribution in [0.15, 0.2) is 33.2 Å². The first-order chi connectivity index (χ1) is 8.29. The number of benzene rings is 1. The number of nitrogens with zero attached hydrogens (tertiary/aromatic N) is 2. The highest BCUT2D eigenvalue weighted by Crippen LogP contribution is 2.20. The van der Waals surface area contributed by atoms with Crippen LogP contribution in [0.5, 0.6) is 0 Å². The number of nitrogens with one attached hydrogen (secondary N) is 1. The minimum atomic E-state index is 0.573. The van der Waals surface area contributed by atoms with Crippen molar-refractivity contribution in [2.24, 2.45) is 0 Å². The zero-order chi connectivity index (χ0) is 12.1. The van der Waals surface area contributed by atoms with Gasteiger partial charge in [0.15, 0.2) is 0 Å². The van der Waals surface area contributed by atoms with Crippen LogP contribution in [-0.2, 0) is 6.42 Å². The lowest BCUT2D eigenvalue weighted by atomic mass is 10.2. The lowest BCUT2D eigenvalue weighted by Crippen LogP contribution is -2.16. The fourth-order valence-electron chi connectivity index (χ4n) is 1.44. The second kappa shape index (κ2) is 5.93. The third kappa shape index (κ3) is 3.38. The molecule has 0 spiro atoms. The van der Waals surface area contributed by atoms with E-state index in [0.29, 0.717) is 11.8 Å². The van der Waals surface area contributed by atoms with Crippen LogP contribution in [0.25, 0.3) is 11.5 Å². The Balaban J connectivity index is 2.04. The van der Waals surface area contributed by atoms with Gasteiger partial charge in [-0.3, -0.25) is 0 Å². The molecule has 4 nitrogen and oxygen atoms in total. The van der Waals surface area contributed by atoms with Crippen LogP contribution in [-0.4, -0.2) is 23.3 Å². The van der Waals surface area contributed by atoms with Gasteiger partial charge in [0.2, 0.25) is 11.8 Å². The lowest BCUT2D eigenvalue weighted by molar-refractivity contribution is 0.496. The number of aromatic nitrogens is 2. The lowest BCUT2D eigenvalue weighted by Gasteiger charge is -1.96. The molecular weight excluding hydrogens is 282 g/mol. The molecule has 0 bridgehead atoms. The quantitative estimate of drug-likeness (QED) is 0.862. The van der Waals surface area contributed by atoms with E-state index in [4.69, 9.17) is 4.42 Å². The van der Waals surface area contributed by atoms with E-state index >= 15 is 0 Å². The van der Waals surface area contributed by atoms with Gasteiger partial charge in [-0.1, -0.05) is 22.9 Å². The van der Waals surface area contributed by atoms with Crippen LogP contribution in [0, 0.1) is 0 Å². The summed E-state index contributed by atoms with van der Waals surface area (Å²) in [5, 5.41) is 11.3. The van der Waals surface area contributed by atoms with Crippen molar-refractivity contribution in [3.05, 3.63) is 34.6 Å². The molecule has 0 fully saturated rings. The smallest absolute Gasteiger partial charge is 0.247 e. The molecule has 1 heterocycles. The van der Waals surface area contributed by atoms with Gasteiger partial charge in [0.25, 0.3) is 0 Å². The number of hydrogen-bond donors (Lipinski definition) is 1. The maximum absolute atomic E-state index is 5.58. The Hall–Kier alpha value is -1.20. The van der Waals surface area contributed by atoms with Crippen LogP contribution in [0.4, 0.5) is 0 Å². The van der Waals surface area contributed by atoms with Crippen LogP contribution in [0.1, 0.15) is 12.8 Å². The van der Waals surface area contributed by atoms with Gasteiger partial charge in [-0.05, 0) is 30.8 Å². The van der Waals surface area contributed by atoms with Crippen molar-refractivity contribution < 1.29 is 4.42 Å². The number of hydrogen-bond acceptors (Lipinski definition) is 4. The van der Waals surface area contributed by atoms with Crippen molar-refractivity contribution in [3.63, 3.8) is 0 Å². The molecule has 2 aromatic rings. The van der Waals surface area contributed by atoms with Crippen LogP contribution < -0.4 is 5.32 Å². The standard InChI is InChI=1S/C12H14BrN3O/c1-2-14-8-7-11-15-16-12(17-11)9-3-5-10(13)6-4-9/h3-6,14H,2,7-8H2,1H3. The molecule has 0 aliphatic rings. The molecule has 0 amide bonds. The van der Waals surface area contributed by atoms with Crippen molar-refractivity contribution in [2.45, 2.75) is 13.3 Å². The molecule has 5 heteroatoms. The highest BCUT2D eigenvalue weighted by atomic mass is 79.9. The molecule has 0 atom stereocenters. The van der Waals surface area contributed by atoms with Crippen LogP contribution >= 0.6 is 15.9 Å². The van der Waals surface area contributed by atoms with Gasteiger partial charge in [-0.15, -0.1) is 10.2 Å². The van der Waals surface area contributed by atoms with E-state index < -0.39 is 0 Å². The highest BCUT2D eigenvalue weighted by Gasteiger charge is 2.07. The summed E-state index contributed by atoms with van der Waals surface area (Å²) < 4.78 is 6.61. The Morgan fingerprint density at radius 2 is 2.00 bits per heavy atom. The van der Waals surface area contributed by atoms with Gasteiger partial charge in [0.05, 0.1) is 0 Å². The molecule has 0 aliphatic heterocycles. The molecule has 1 aromatic heterocycles. The molecule has 90 valence electrons. The fourth-order valence-corrected chi connectivity index (χ4v) is 1.70. The maximum atomic E-state index is 5.58. The van der Waals surface area contributed by atoms with Gasteiger partial charge < -0.3 is 9.73 Å². The summed E-state index contributed by atoms with van der Waals surface area (Å²) in [5.74, 6) is 1.24. The fraction of sp³-hybridized carbons (Fsp3) is 0.333. The molecule has 1 aromatic carbocycles. The van der Waals surface area contributed by atoms with E-state index in [-0.39, 0.29) is 0 Å². The third-order valence-corrected chi connectivity index (χ3v) is 2.85. The maximum Gasteiger partial charge on any atom is 0.247 e. The van der Waals surface area contributed by atoms with Gasteiger partial charge in [0, 0.05) is 23.0 Å². The Morgan fingerprint density at radius 3 is 2.71 bits per heavy atom. The SMILES string of the molecule is CCNCCc1nnc(-c2ccc(Br)cc2)o1. The van der Waals surface area contributed by atoms with Gasteiger partial charge in [0.1, 0.15) is 0 Å². The van der Waals surface area contributed by atoms with E-state index in [9.17, 15) is 0 Å². The molecule has 0 saturated carbocycles. The topological polar surface area (TPSA) is 51.0 Å². The van der Waals surface area contributed by atoms with Crippen LogP contribution in [0.2, 0.25) is 0 Å². The molecule has 0 unspecified atom stereocenters. The van der Waals surface area contributed by atoms with Crippen molar-refractivity contribution >= 4 is 15.9 Å². The van der Waals surface area contributed by atoms with Gasteiger partial charge in [-0.25, -0.2) is 0 Å². The van der Waals surface area contributed by atoms with E-state index in [2.05, 4.69) is 38.4 Å². The average molecular weight is 296 g/mol. The van der Waals surface area contributed by atoms with Crippen molar-refractivity contribution in [3.8, 4) is 11.5 Å². The first-order valence-corrected chi connectivity index (χ1v) is 6.38. The minimum Gasteiger partial charge on any atom is -0.421 e. The first kappa shape index (κ1) is 12.3. The second-order valence-electron chi connectivity index (χ2n) is 3.61. The zero-order valence-electron chi connectivity index (χ0n) is 9.61. The second-order valence-corrected chi connectivity index (χ2v) is 4.53. The molecule has 1 N–H and O–H groups in total. The zero-order valence-corrected chi connectivity index (χ0v) is 11.2. The van der Waals surface area contributed by atoms with Crippen molar-refractivity contribution in [1.82, 2.24) is 15.5 Å². The molecule has 17 heavy (non-hydrogen) atoms. The monoisotopic (exact) mass is 295 g/mol. The molecular formula is C12H14BrN3O. The summed E-state index contributed by atoms with van der Waals surface area (Å²) in [5.41, 5.74) is 0.940. The first-order valence-electron chi connectivity index (χ1n) is 5.58. The largest absolute Gasteiger partial charge is 0.421 e. The van der Waals surface area contributed by atoms with Crippen LogP contribution in [0.3, 0.4) is 0 Å². The minimum absolute atomic E-state index is 0.573. The summed E-state index contributed by atoms with van der Waals surface area (Å²) in [4.78, 5) is 0. The Morgan fingerprint density at radius 1 is 1.24 bits per heavy atom. The number of halogens is 1. The normalized spacial score (nSPS) is 10.7. The average Bonchev–Trinajstić information content (AvgIpc) is 2.79. The third-order valence-electron chi connectivity index (χ3n) is 2.32. The van der Waals surface area contributed by atoms with E-state index in [1.54, 1.807) is 0 Å². The highest BCUT2D eigenvalue weighted by molar-refractivity contribution is 9.10.